The van der Waals surface area contributed by atoms with Crippen LogP contribution in [-0.2, 0) is 6.42 Å². The number of aromatic nitrogens is 1. The molecule has 0 atom stereocenters. The number of rotatable bonds is 3. The van der Waals surface area contributed by atoms with Crippen molar-refractivity contribution in [3.63, 3.8) is 0 Å². The van der Waals surface area contributed by atoms with Crippen molar-refractivity contribution < 1.29 is 9.47 Å². The summed E-state index contributed by atoms with van der Waals surface area (Å²) in [5.41, 5.74) is 7.86. The number of benzene rings is 1. The van der Waals surface area contributed by atoms with E-state index in [1.165, 1.54) is 4.88 Å². The zero-order valence-corrected chi connectivity index (χ0v) is 15.8. The second-order valence-electron chi connectivity index (χ2n) is 4.99. The van der Waals surface area contributed by atoms with E-state index in [0.29, 0.717) is 11.0 Å². The minimum Gasteiger partial charge on any atom is -0.454 e. The summed E-state index contributed by atoms with van der Waals surface area (Å²) < 4.78 is 10.7. The van der Waals surface area contributed by atoms with Crippen molar-refractivity contribution in [1.82, 2.24) is 4.98 Å². The van der Waals surface area contributed by atoms with Gasteiger partial charge in [-0.2, -0.15) is 0 Å². The van der Waals surface area contributed by atoms with E-state index in [1.54, 1.807) is 11.3 Å². The van der Waals surface area contributed by atoms with Gasteiger partial charge in [0.2, 0.25) is 6.79 Å². The molecule has 23 heavy (non-hydrogen) atoms. The highest BCUT2D eigenvalue weighted by Crippen LogP contribution is 2.38. The highest BCUT2D eigenvalue weighted by Gasteiger charge is 2.18. The molecule has 2 aromatic rings. The fraction of sp³-hybridized carbons (Fsp3) is 0.500. The van der Waals surface area contributed by atoms with Crippen molar-refractivity contribution >= 4 is 16.5 Å². The van der Waals surface area contributed by atoms with Gasteiger partial charge < -0.3 is 15.2 Å². The second-order valence-corrected chi connectivity index (χ2v) is 6.11. The first-order valence-corrected chi connectivity index (χ1v) is 9.10. The molecule has 0 radical (unpaired) electrons. The minimum atomic E-state index is 0.289. The fourth-order valence-electron chi connectivity index (χ4n) is 2.15. The Morgan fingerprint density at radius 3 is 2.43 bits per heavy atom. The molecule has 1 aliphatic heterocycles. The van der Waals surface area contributed by atoms with Crippen molar-refractivity contribution in [2.75, 3.05) is 12.5 Å². The van der Waals surface area contributed by atoms with E-state index >= 15 is 0 Å². The van der Waals surface area contributed by atoms with Crippen LogP contribution in [0.15, 0.2) is 18.2 Å². The van der Waals surface area contributed by atoms with Gasteiger partial charge in [-0.3, -0.25) is 0 Å². The molecule has 3 rings (SSSR count). The van der Waals surface area contributed by atoms with Crippen LogP contribution in [0, 0.1) is 5.92 Å². The molecule has 1 aromatic heterocycles. The summed E-state index contributed by atoms with van der Waals surface area (Å²) in [7, 11) is 0. The van der Waals surface area contributed by atoms with Gasteiger partial charge in [-0.05, 0) is 30.5 Å². The van der Waals surface area contributed by atoms with Crippen LogP contribution in [0.3, 0.4) is 0 Å². The zero-order chi connectivity index (χ0) is 17.4. The molecule has 0 amide bonds. The molecule has 5 heteroatoms. The van der Waals surface area contributed by atoms with E-state index in [4.69, 9.17) is 15.2 Å². The van der Waals surface area contributed by atoms with Crippen molar-refractivity contribution in [3.05, 3.63) is 23.1 Å². The van der Waals surface area contributed by atoms with Crippen LogP contribution in [0.5, 0.6) is 11.5 Å². The van der Waals surface area contributed by atoms with Crippen molar-refractivity contribution in [2.45, 2.75) is 48.0 Å². The van der Waals surface area contributed by atoms with Gasteiger partial charge in [-0.1, -0.05) is 41.5 Å². The number of nitrogens with two attached hydrogens (primary N) is 1. The largest absolute Gasteiger partial charge is 0.454 e. The Morgan fingerprint density at radius 2 is 1.78 bits per heavy atom. The van der Waals surface area contributed by atoms with Gasteiger partial charge in [0.15, 0.2) is 16.6 Å². The third-order valence-corrected chi connectivity index (χ3v) is 3.86. The van der Waals surface area contributed by atoms with Crippen LogP contribution in [0.25, 0.3) is 11.3 Å². The smallest absolute Gasteiger partial charge is 0.231 e. The first kappa shape index (κ1) is 19.3. The second kappa shape index (κ2) is 9.40. The summed E-state index contributed by atoms with van der Waals surface area (Å²) in [6.45, 7) is 12.7. The summed E-state index contributed by atoms with van der Waals surface area (Å²) >= 11 is 1.57. The highest BCUT2D eigenvalue weighted by atomic mass is 32.1. The van der Waals surface area contributed by atoms with Gasteiger partial charge in [0.25, 0.3) is 0 Å². The number of fused-ring (bicyclic) bond motifs is 1. The quantitative estimate of drug-likeness (QED) is 0.818. The molecule has 0 aliphatic carbocycles. The lowest BCUT2D eigenvalue weighted by molar-refractivity contribution is 0.174. The summed E-state index contributed by atoms with van der Waals surface area (Å²) in [6.07, 6.45) is 0.985. The molecule has 0 fully saturated rings. The van der Waals surface area contributed by atoms with Crippen LogP contribution >= 0.6 is 11.3 Å². The van der Waals surface area contributed by atoms with E-state index in [0.717, 1.165) is 29.2 Å². The maximum absolute atomic E-state index is 5.86. The molecule has 4 nitrogen and oxygen atoms in total. The van der Waals surface area contributed by atoms with Crippen molar-refractivity contribution in [2.24, 2.45) is 5.92 Å². The van der Waals surface area contributed by atoms with E-state index in [2.05, 4.69) is 18.8 Å². The predicted octanol–water partition coefficient (Wildman–Crippen LogP) is 5.37. The number of thiazole rings is 1. The van der Waals surface area contributed by atoms with Crippen LogP contribution in [0.1, 0.15) is 46.4 Å². The molecular formula is C18H28N2O2S. The highest BCUT2D eigenvalue weighted by molar-refractivity contribution is 7.15. The lowest BCUT2D eigenvalue weighted by Gasteiger charge is -2.05. The Labute approximate surface area is 143 Å². The molecule has 1 aliphatic rings. The molecular weight excluding hydrogens is 308 g/mol. The lowest BCUT2D eigenvalue weighted by Crippen LogP contribution is -1.94. The minimum absolute atomic E-state index is 0.289. The number of anilines is 1. The molecule has 0 unspecified atom stereocenters. The molecule has 128 valence electrons. The monoisotopic (exact) mass is 336 g/mol. The average molecular weight is 337 g/mol. The van der Waals surface area contributed by atoms with Gasteiger partial charge in [0.05, 0.1) is 5.69 Å². The summed E-state index contributed by atoms with van der Waals surface area (Å²) in [4.78, 5) is 5.69. The Balaban J connectivity index is 0.000000615. The Bertz CT molecular complexity index is 609. The maximum Gasteiger partial charge on any atom is 0.231 e. The number of ether oxygens (including phenoxy) is 2. The first-order chi connectivity index (χ1) is 11.1. The van der Waals surface area contributed by atoms with Crippen LogP contribution in [-0.4, -0.2) is 11.8 Å². The van der Waals surface area contributed by atoms with Gasteiger partial charge >= 0.3 is 0 Å². The summed E-state index contributed by atoms with van der Waals surface area (Å²) in [5, 5.41) is 0.614. The number of nitrogens with zero attached hydrogens (tertiary/aromatic N) is 1. The summed E-state index contributed by atoms with van der Waals surface area (Å²) in [5.74, 6) is 2.14. The standard InChI is InChI=1S/C14H16N2O2S.2C2H6/c1-8(2)5-12-13(16-14(15)19-12)9-3-4-10-11(6-9)18-7-17-10;2*1-2/h3-4,6,8H,5,7H2,1-2H3,(H2,15,16);2*1-2H3. The molecule has 0 spiro atoms. The Hall–Kier alpha value is -1.75. The number of hydrogen-bond acceptors (Lipinski definition) is 5. The normalized spacial score (nSPS) is 11.4. The number of nitrogen functional groups attached to an aromatic ring is 1. The molecule has 0 saturated carbocycles. The predicted molar refractivity (Wildman–Crippen MR) is 99.3 cm³/mol. The number of hydrogen-bond donors (Lipinski definition) is 1. The van der Waals surface area contributed by atoms with Crippen molar-refractivity contribution in [1.29, 1.82) is 0 Å². The topological polar surface area (TPSA) is 57.4 Å². The van der Waals surface area contributed by atoms with Crippen molar-refractivity contribution in [3.8, 4) is 22.8 Å². The molecule has 2 N–H and O–H groups in total. The Kier molecular flexibility index (Phi) is 7.89. The Morgan fingerprint density at radius 1 is 1.13 bits per heavy atom. The van der Waals surface area contributed by atoms with E-state index < -0.39 is 0 Å². The van der Waals surface area contributed by atoms with E-state index in [-0.39, 0.29) is 6.79 Å². The van der Waals surface area contributed by atoms with Gasteiger partial charge in [-0.25, -0.2) is 4.98 Å². The average Bonchev–Trinajstić information content (AvgIpc) is 3.16. The van der Waals surface area contributed by atoms with E-state index in [9.17, 15) is 0 Å². The van der Waals surface area contributed by atoms with Crippen LogP contribution in [0.4, 0.5) is 5.13 Å². The molecule has 1 aromatic carbocycles. The van der Waals surface area contributed by atoms with Crippen LogP contribution < -0.4 is 15.2 Å². The third-order valence-electron chi connectivity index (χ3n) is 2.95. The third kappa shape index (κ3) is 4.86. The fourth-order valence-corrected chi connectivity index (χ4v) is 3.21. The van der Waals surface area contributed by atoms with Gasteiger partial charge in [-0.15, -0.1) is 11.3 Å². The summed E-state index contributed by atoms with van der Waals surface area (Å²) in [6, 6.07) is 5.90. The van der Waals surface area contributed by atoms with Gasteiger partial charge in [0, 0.05) is 10.4 Å². The van der Waals surface area contributed by atoms with E-state index in [1.807, 2.05) is 45.9 Å². The molecule has 2 heterocycles. The zero-order valence-electron chi connectivity index (χ0n) is 15.0. The first-order valence-electron chi connectivity index (χ1n) is 8.28. The molecule has 0 bridgehead atoms. The lowest BCUT2D eigenvalue weighted by atomic mass is 10.0. The van der Waals surface area contributed by atoms with Crippen LogP contribution in [0.2, 0.25) is 0 Å². The maximum atomic E-state index is 5.86. The van der Waals surface area contributed by atoms with Gasteiger partial charge in [0.1, 0.15) is 0 Å². The molecule has 0 saturated heterocycles. The SMILES string of the molecule is CC.CC.CC(C)Cc1sc(N)nc1-c1ccc2c(c1)OCO2.